The Bertz CT molecular complexity index is 1420. The van der Waals surface area contributed by atoms with Gasteiger partial charge < -0.3 is 24.8 Å². The first-order valence-corrected chi connectivity index (χ1v) is 15.4. The molecule has 0 aliphatic rings. The van der Waals surface area contributed by atoms with Gasteiger partial charge in [-0.1, -0.05) is 140 Å². The van der Waals surface area contributed by atoms with Crippen LogP contribution in [0.4, 0.5) is 5.69 Å². The van der Waals surface area contributed by atoms with Gasteiger partial charge in [0.1, 0.15) is 0 Å². The van der Waals surface area contributed by atoms with Crippen molar-refractivity contribution in [2.45, 2.75) is 39.5 Å². The summed E-state index contributed by atoms with van der Waals surface area (Å²) in [6.07, 6.45) is 0. The fourth-order valence-electron chi connectivity index (χ4n) is 5.15. The Balaban J connectivity index is 0.00000196. The molecule has 5 rings (SSSR count). The minimum atomic E-state index is -2.98. The van der Waals surface area contributed by atoms with Gasteiger partial charge in [-0.3, -0.25) is 0 Å². The van der Waals surface area contributed by atoms with Crippen molar-refractivity contribution in [2.24, 2.45) is 0 Å². The molecule has 1 aromatic heterocycles. The molecule has 0 saturated heterocycles. The molecule has 0 N–H and O–H groups in total. The molecule has 1 heterocycles. The van der Waals surface area contributed by atoms with Crippen LogP contribution in [0.1, 0.15) is 50.7 Å². The number of pyridine rings is 1. The van der Waals surface area contributed by atoms with E-state index in [1.165, 1.54) is 21.5 Å². The summed E-state index contributed by atoms with van der Waals surface area (Å²) in [5.74, 6) is 0.702. The van der Waals surface area contributed by atoms with Gasteiger partial charge >= 0.3 is 25.8 Å². The van der Waals surface area contributed by atoms with Crippen molar-refractivity contribution in [3.63, 3.8) is 0 Å². The van der Waals surface area contributed by atoms with E-state index in [2.05, 4.69) is 137 Å². The van der Waals surface area contributed by atoms with E-state index in [0.29, 0.717) is 11.8 Å². The van der Waals surface area contributed by atoms with E-state index in [9.17, 15) is 0 Å². The van der Waals surface area contributed by atoms with Crippen LogP contribution in [0.25, 0.3) is 16.2 Å². The summed E-state index contributed by atoms with van der Waals surface area (Å²) >= 11 is 0. The third-order valence-corrected chi connectivity index (χ3v) is 11.0. The predicted molar refractivity (Wildman–Crippen MR) is 177 cm³/mol. The maximum atomic E-state index is 5.94. The van der Waals surface area contributed by atoms with E-state index < -0.39 is 8.24 Å². The van der Waals surface area contributed by atoms with Crippen LogP contribution in [0.5, 0.6) is 0 Å². The van der Waals surface area contributed by atoms with Crippen molar-refractivity contribution in [3.05, 3.63) is 158 Å². The van der Waals surface area contributed by atoms with E-state index in [-0.39, 0.29) is 40.7 Å². The first kappa shape index (κ1) is 34.1. The van der Waals surface area contributed by atoms with Crippen LogP contribution in [-0.4, -0.2) is 13.2 Å². The van der Waals surface area contributed by atoms with Crippen molar-refractivity contribution in [1.82, 2.24) is 4.98 Å². The summed E-state index contributed by atoms with van der Waals surface area (Å²) in [7, 11) is -2.98. The van der Waals surface area contributed by atoms with Crippen LogP contribution < -0.4 is 15.7 Å². The number of hydrogen-bond donors (Lipinski definition) is 0. The molecule has 0 saturated carbocycles. The monoisotopic (exact) mass is 720 g/mol. The van der Waals surface area contributed by atoms with Gasteiger partial charge in [0.05, 0.1) is 8.24 Å². The van der Waals surface area contributed by atoms with Crippen molar-refractivity contribution >= 4 is 29.6 Å². The van der Waals surface area contributed by atoms with Crippen LogP contribution in [0.15, 0.2) is 121 Å². The van der Waals surface area contributed by atoms with E-state index in [4.69, 9.17) is 9.97 Å². The maximum Gasteiger partial charge on any atom is 4.00 e. The number of benzene rings is 4. The van der Waals surface area contributed by atoms with E-state index in [1.54, 1.807) is 0 Å². The summed E-state index contributed by atoms with van der Waals surface area (Å²) in [5.41, 5.74) is 5.60. The Morgan fingerprint density at radius 3 is 1.61 bits per heavy atom. The minimum Gasteiger partial charge on any atom is -0.674 e. The van der Waals surface area contributed by atoms with Crippen LogP contribution >= 0.6 is 0 Å². The van der Waals surface area contributed by atoms with E-state index in [0.717, 1.165) is 22.3 Å². The molecule has 0 bridgehead atoms. The Morgan fingerprint density at radius 1 is 0.610 bits per heavy atom. The molecule has 4 aromatic carbocycles. The van der Waals surface area contributed by atoms with E-state index in [1.807, 2.05) is 18.2 Å². The standard InChI is InChI=1S/C35H34N2Si.2CH3.Hf/c1-26(2)31-22-14-23-32(27(3)4)35(31)37-38(29-18-10-6-11-19-29,30-20-12-7-13-21-30)34-25-15-24-33(36-34)28-16-8-5-9-17-28;;;/h5-16,18-27H,1-4H3;2*1H3;/q-2;2*-1;+4. The van der Waals surface area contributed by atoms with Crippen LogP contribution in [0.2, 0.25) is 0 Å². The summed E-state index contributed by atoms with van der Waals surface area (Å²) in [6, 6.07) is 46.1. The van der Waals surface area contributed by atoms with Crippen LogP contribution in [-0.2, 0) is 25.8 Å². The molecule has 0 spiro atoms. The van der Waals surface area contributed by atoms with Gasteiger partial charge in [-0.15, -0.1) is 41.6 Å². The topological polar surface area (TPSA) is 27.0 Å². The Morgan fingerprint density at radius 2 is 1.12 bits per heavy atom. The second-order valence-electron chi connectivity index (χ2n) is 10.3. The molecule has 41 heavy (non-hydrogen) atoms. The molecule has 0 atom stereocenters. The van der Waals surface area contributed by atoms with Crippen molar-refractivity contribution in [3.8, 4) is 11.3 Å². The maximum absolute atomic E-state index is 5.94. The number of rotatable bonds is 8. The van der Waals surface area contributed by atoms with E-state index >= 15 is 0 Å². The fraction of sp³-hybridized carbons (Fsp3) is 0.162. The van der Waals surface area contributed by atoms with Gasteiger partial charge in [0.15, 0.2) is 0 Å². The molecule has 2 nitrogen and oxygen atoms in total. The van der Waals surface area contributed by atoms with Gasteiger partial charge in [0.25, 0.3) is 0 Å². The van der Waals surface area contributed by atoms with Gasteiger partial charge in [-0.05, 0) is 23.6 Å². The summed E-state index contributed by atoms with van der Waals surface area (Å²) in [6.45, 7) is 9.04. The number of nitrogens with zero attached hydrogens (tertiary/aromatic N) is 2. The molecular weight excluding hydrogens is 679 g/mol. The van der Waals surface area contributed by atoms with Gasteiger partial charge in [-0.2, -0.15) is 0 Å². The normalized spacial score (nSPS) is 10.8. The predicted octanol–water partition coefficient (Wildman–Crippen LogP) is 8.37. The van der Waals surface area contributed by atoms with Crippen LogP contribution in [0.3, 0.4) is 0 Å². The zero-order valence-corrected chi connectivity index (χ0v) is 29.7. The van der Waals surface area contributed by atoms with Crippen molar-refractivity contribution in [2.75, 3.05) is 0 Å². The molecule has 0 amide bonds. The first-order valence-electron chi connectivity index (χ1n) is 13.4. The second kappa shape index (κ2) is 15.2. The van der Waals surface area contributed by atoms with Crippen molar-refractivity contribution in [1.29, 1.82) is 0 Å². The smallest absolute Gasteiger partial charge is 0.674 e. The van der Waals surface area contributed by atoms with Crippen molar-refractivity contribution < 1.29 is 25.8 Å². The average molecular weight is 719 g/mol. The molecule has 0 radical (unpaired) electrons. The average Bonchev–Trinajstić information content (AvgIpc) is 2.97. The Hall–Kier alpha value is -3.08. The Labute approximate surface area is 268 Å². The summed E-state index contributed by atoms with van der Waals surface area (Å²) < 4.78 is 0. The summed E-state index contributed by atoms with van der Waals surface area (Å²) in [5, 5.41) is 3.47. The fourth-order valence-corrected chi connectivity index (χ4v) is 9.02. The molecular formula is C37H40HfN2Si. The van der Waals surface area contributed by atoms with Crippen LogP contribution in [0, 0.1) is 20.9 Å². The molecule has 0 unspecified atom stereocenters. The molecule has 0 fully saturated rings. The third-order valence-electron chi connectivity index (χ3n) is 7.11. The van der Waals surface area contributed by atoms with Gasteiger partial charge in [0, 0.05) is 5.32 Å². The largest absolute Gasteiger partial charge is 4.00 e. The SMILES string of the molecule is CC(C)c1cccc(C(C)C)c1[N-][Si](c1ccccc1)(c1ccccc1)c1cccc(-c2[c-]cccc2)n1.[CH3-].[CH3-].[Hf+4]. The zero-order valence-electron chi connectivity index (χ0n) is 25.1. The van der Waals surface area contributed by atoms with Gasteiger partial charge in [-0.25, -0.2) is 0 Å². The molecule has 4 heteroatoms. The molecule has 206 valence electrons. The molecule has 0 aliphatic heterocycles. The Kier molecular flexibility index (Phi) is 12.7. The quantitative estimate of drug-likeness (QED) is 0.117. The molecule has 5 aromatic rings. The third kappa shape index (κ3) is 7.05. The number of hydrogen-bond acceptors (Lipinski definition) is 1. The summed E-state index contributed by atoms with van der Waals surface area (Å²) in [4.78, 5) is 11.3. The number of aromatic nitrogens is 1. The first-order chi connectivity index (χ1) is 18.5. The van der Waals surface area contributed by atoms with Gasteiger partial charge in [0.2, 0.25) is 0 Å². The minimum absolute atomic E-state index is 0. The zero-order chi connectivity index (χ0) is 26.5. The molecule has 0 aliphatic carbocycles. The second-order valence-corrected chi connectivity index (χ2v) is 13.6.